The number of benzene rings is 1. The Labute approximate surface area is 152 Å². The Balaban J connectivity index is 2.13. The van der Waals surface area contributed by atoms with Gasteiger partial charge >= 0.3 is 0 Å². The van der Waals surface area contributed by atoms with Crippen LogP contribution in [-0.4, -0.2) is 49.5 Å². The quantitative estimate of drug-likeness (QED) is 0.665. The summed E-state index contributed by atoms with van der Waals surface area (Å²) in [6.45, 7) is 2.94. The second kappa shape index (κ2) is 7.96. The summed E-state index contributed by atoms with van der Waals surface area (Å²) < 4.78 is 26.8. The molecule has 0 aromatic heterocycles. The third kappa shape index (κ3) is 4.47. The van der Waals surface area contributed by atoms with E-state index in [0.29, 0.717) is 18.4 Å². The van der Waals surface area contributed by atoms with Gasteiger partial charge in [0.15, 0.2) is 5.78 Å². The van der Waals surface area contributed by atoms with E-state index in [1.807, 2.05) is 0 Å². The highest BCUT2D eigenvalue weighted by Crippen LogP contribution is 2.24. The maximum atomic E-state index is 12.8. The predicted octanol–water partition coefficient (Wildman–Crippen LogP) is -0.455. The summed E-state index contributed by atoms with van der Waals surface area (Å²) in [6.07, 6.45) is 0.962. The fraction of sp³-hybridized carbons (Fsp3) is 0.471. The zero-order chi connectivity index (χ0) is 19.5. The van der Waals surface area contributed by atoms with Crippen LogP contribution in [0.1, 0.15) is 37.0 Å². The minimum absolute atomic E-state index is 0.0254. The van der Waals surface area contributed by atoms with Crippen molar-refractivity contribution in [2.75, 3.05) is 13.1 Å². The molecule has 0 aliphatic carbocycles. The van der Waals surface area contributed by atoms with Crippen LogP contribution in [0.3, 0.4) is 0 Å². The lowest BCUT2D eigenvalue weighted by atomic mass is 9.98. The number of carboxylic acid groups (broad SMARTS) is 1. The molecule has 1 amide bonds. The molecule has 1 saturated heterocycles. The van der Waals surface area contributed by atoms with Crippen LogP contribution in [0.25, 0.3) is 0 Å². The van der Waals surface area contributed by atoms with Gasteiger partial charge in [0.1, 0.15) is 0 Å². The number of rotatable bonds is 6. The van der Waals surface area contributed by atoms with Gasteiger partial charge < -0.3 is 15.2 Å². The normalized spacial score (nSPS) is 19.5. The van der Waals surface area contributed by atoms with Crippen LogP contribution in [0, 0.1) is 5.92 Å². The van der Waals surface area contributed by atoms with E-state index in [-0.39, 0.29) is 23.8 Å². The molecule has 1 aliphatic heterocycles. The van der Waals surface area contributed by atoms with Gasteiger partial charge in [0.05, 0.1) is 22.8 Å². The second-order valence-electron chi connectivity index (χ2n) is 6.33. The van der Waals surface area contributed by atoms with Gasteiger partial charge in [0.25, 0.3) is 0 Å². The number of nitrogens with zero attached hydrogens (tertiary/aromatic N) is 1. The number of Topliss-reactive ketones (excluding diaryl/α,β-unsaturated/α-hetero) is 1. The molecule has 0 bridgehead atoms. The van der Waals surface area contributed by atoms with E-state index < -0.39 is 33.9 Å². The van der Waals surface area contributed by atoms with Crippen LogP contribution < -0.4 is 10.4 Å². The molecule has 142 valence electrons. The van der Waals surface area contributed by atoms with Crippen LogP contribution in [0.4, 0.5) is 0 Å². The number of carboxylic acids is 1. The highest BCUT2D eigenvalue weighted by atomic mass is 32.2. The number of carbonyl (C=O) groups excluding carboxylic acids is 3. The fourth-order valence-corrected chi connectivity index (χ4v) is 4.30. The number of ketones is 1. The Bertz CT molecular complexity index is 803. The van der Waals surface area contributed by atoms with Gasteiger partial charge in [-0.25, -0.2) is 8.42 Å². The van der Waals surface area contributed by atoms with Gasteiger partial charge in [-0.3, -0.25) is 9.59 Å². The Hall–Kier alpha value is -2.26. The Morgan fingerprint density at radius 1 is 1.23 bits per heavy atom. The van der Waals surface area contributed by atoms with Crippen LogP contribution in [0.15, 0.2) is 29.2 Å². The molecule has 1 aromatic rings. The average molecular weight is 381 g/mol. The minimum Gasteiger partial charge on any atom is -0.548 e. The second-order valence-corrected chi connectivity index (χ2v) is 8.27. The summed E-state index contributed by atoms with van der Waals surface area (Å²) in [7, 11) is -3.80. The van der Waals surface area contributed by atoms with Gasteiger partial charge in [-0.2, -0.15) is 4.31 Å². The standard InChI is InChI=1S/C17H22N2O6S/c1-11(17(22)23)18-16(21)14-4-3-9-19(10-14)26(24,25)15-7-5-13(6-8-15)12(2)20/h5-8,11,14H,3-4,9-10H2,1-2H3,(H,18,21)(H,22,23)/p-1/t11-,14+/m0/s1. The summed E-state index contributed by atoms with van der Waals surface area (Å²) in [6, 6.07) is 4.49. The SMILES string of the molecule is CC(=O)c1ccc(S(=O)(=O)N2CCC[C@@H](C(=O)N[C@@H](C)C(=O)[O-])C2)cc1. The Kier molecular flexibility index (Phi) is 6.14. The summed E-state index contributed by atoms with van der Waals surface area (Å²) in [4.78, 5) is 34.3. The van der Waals surface area contributed by atoms with Gasteiger partial charge in [-0.05, 0) is 38.8 Å². The van der Waals surface area contributed by atoms with Crippen molar-refractivity contribution in [1.29, 1.82) is 0 Å². The third-order valence-corrected chi connectivity index (χ3v) is 6.25. The molecule has 2 rings (SSSR count). The molecule has 1 heterocycles. The molecule has 0 radical (unpaired) electrons. The largest absolute Gasteiger partial charge is 0.548 e. The molecular formula is C17H21N2O6S-. The number of hydrogen-bond donors (Lipinski definition) is 1. The molecule has 0 saturated carbocycles. The highest BCUT2D eigenvalue weighted by molar-refractivity contribution is 7.89. The zero-order valence-corrected chi connectivity index (χ0v) is 15.4. The van der Waals surface area contributed by atoms with E-state index >= 15 is 0 Å². The number of hydrogen-bond acceptors (Lipinski definition) is 6. The molecule has 1 aromatic carbocycles. The number of piperidine rings is 1. The van der Waals surface area contributed by atoms with Crippen molar-refractivity contribution in [2.24, 2.45) is 5.92 Å². The van der Waals surface area contributed by atoms with Gasteiger partial charge in [0.2, 0.25) is 15.9 Å². The van der Waals surface area contributed by atoms with Crippen molar-refractivity contribution < 1.29 is 27.9 Å². The van der Waals surface area contributed by atoms with Gasteiger partial charge in [-0.15, -0.1) is 0 Å². The van der Waals surface area contributed by atoms with Gasteiger partial charge in [-0.1, -0.05) is 12.1 Å². The van der Waals surface area contributed by atoms with Crippen LogP contribution in [0.5, 0.6) is 0 Å². The molecule has 26 heavy (non-hydrogen) atoms. The van der Waals surface area contributed by atoms with E-state index in [2.05, 4.69) is 5.32 Å². The molecule has 1 fully saturated rings. The molecule has 1 aliphatic rings. The number of nitrogens with one attached hydrogen (secondary N) is 1. The highest BCUT2D eigenvalue weighted by Gasteiger charge is 2.33. The third-order valence-electron chi connectivity index (χ3n) is 4.37. The van der Waals surface area contributed by atoms with E-state index in [1.54, 1.807) is 0 Å². The number of carbonyl (C=O) groups is 3. The van der Waals surface area contributed by atoms with E-state index in [1.165, 1.54) is 42.4 Å². The van der Waals surface area contributed by atoms with E-state index in [9.17, 15) is 27.9 Å². The molecule has 8 nitrogen and oxygen atoms in total. The Morgan fingerprint density at radius 3 is 2.38 bits per heavy atom. The summed E-state index contributed by atoms with van der Waals surface area (Å²) in [5.41, 5.74) is 0.413. The molecular weight excluding hydrogens is 360 g/mol. The Morgan fingerprint density at radius 2 is 1.85 bits per heavy atom. The topological polar surface area (TPSA) is 124 Å². The first-order chi connectivity index (χ1) is 12.1. The predicted molar refractivity (Wildman–Crippen MR) is 90.5 cm³/mol. The van der Waals surface area contributed by atoms with Crippen LogP contribution in [0.2, 0.25) is 0 Å². The van der Waals surface area contributed by atoms with E-state index in [0.717, 1.165) is 0 Å². The zero-order valence-electron chi connectivity index (χ0n) is 14.6. The number of sulfonamides is 1. The van der Waals surface area contributed by atoms with Crippen molar-refractivity contribution in [3.63, 3.8) is 0 Å². The molecule has 1 N–H and O–H groups in total. The van der Waals surface area contributed by atoms with Gasteiger partial charge in [0, 0.05) is 18.7 Å². The van der Waals surface area contributed by atoms with Crippen molar-refractivity contribution in [3.8, 4) is 0 Å². The van der Waals surface area contributed by atoms with Crippen molar-refractivity contribution in [3.05, 3.63) is 29.8 Å². The van der Waals surface area contributed by atoms with Crippen molar-refractivity contribution >= 4 is 27.7 Å². The summed E-state index contributed by atoms with van der Waals surface area (Å²) in [5, 5.41) is 13.1. The molecule has 0 unspecified atom stereocenters. The van der Waals surface area contributed by atoms with E-state index in [4.69, 9.17) is 0 Å². The average Bonchev–Trinajstić information content (AvgIpc) is 2.61. The first-order valence-corrected chi connectivity index (χ1v) is 9.69. The van der Waals surface area contributed by atoms with Crippen molar-refractivity contribution in [2.45, 2.75) is 37.6 Å². The lowest BCUT2D eigenvalue weighted by molar-refractivity contribution is -0.307. The maximum absolute atomic E-state index is 12.8. The number of aliphatic carboxylic acids is 1. The maximum Gasteiger partial charge on any atom is 0.243 e. The lowest BCUT2D eigenvalue weighted by Crippen LogP contribution is -2.51. The molecule has 2 atom stereocenters. The smallest absolute Gasteiger partial charge is 0.243 e. The monoisotopic (exact) mass is 381 g/mol. The number of amides is 1. The molecule has 0 spiro atoms. The summed E-state index contributed by atoms with van der Waals surface area (Å²) >= 11 is 0. The molecule has 9 heteroatoms. The van der Waals surface area contributed by atoms with Crippen LogP contribution >= 0.6 is 0 Å². The summed E-state index contributed by atoms with van der Waals surface area (Å²) in [5.74, 6) is -2.69. The minimum atomic E-state index is -3.80. The first kappa shape index (κ1) is 20.1. The van der Waals surface area contributed by atoms with Crippen LogP contribution in [-0.2, 0) is 19.6 Å². The lowest BCUT2D eigenvalue weighted by Gasteiger charge is -2.32. The first-order valence-electron chi connectivity index (χ1n) is 8.25. The van der Waals surface area contributed by atoms with Crippen molar-refractivity contribution in [1.82, 2.24) is 9.62 Å². The fourth-order valence-electron chi connectivity index (χ4n) is 2.78.